The average Bonchev–Trinajstić information content (AvgIpc) is 2.04. The Morgan fingerprint density at radius 1 is 1.40 bits per heavy atom. The van der Waals surface area contributed by atoms with Crippen LogP contribution in [0.4, 0.5) is 0 Å². The molecule has 0 aliphatic rings. The standard InChI is InChI=1S/C7H7ClO2/c8-10-7-4-2-1-3-6(7)5-9/h1-4,9H,5H2. The Morgan fingerprint density at radius 2 is 2.10 bits per heavy atom. The predicted molar refractivity (Wildman–Crippen MR) is 38.8 cm³/mol. The van der Waals surface area contributed by atoms with E-state index in [9.17, 15) is 0 Å². The lowest BCUT2D eigenvalue weighted by molar-refractivity contribution is 0.278. The smallest absolute Gasteiger partial charge is 0.151 e. The van der Waals surface area contributed by atoms with Gasteiger partial charge in [-0.2, -0.15) is 0 Å². The van der Waals surface area contributed by atoms with E-state index in [1.165, 1.54) is 0 Å². The quantitative estimate of drug-likeness (QED) is 0.710. The molecule has 0 amide bonds. The van der Waals surface area contributed by atoms with Crippen LogP contribution in [0.25, 0.3) is 0 Å². The van der Waals surface area contributed by atoms with Gasteiger partial charge in [0.05, 0.1) is 6.61 Å². The monoisotopic (exact) mass is 158 g/mol. The van der Waals surface area contributed by atoms with Crippen LogP contribution >= 0.6 is 11.9 Å². The van der Waals surface area contributed by atoms with E-state index in [2.05, 4.69) is 4.29 Å². The first-order valence-electron chi connectivity index (χ1n) is 2.86. The molecule has 0 spiro atoms. The summed E-state index contributed by atoms with van der Waals surface area (Å²) in [5.41, 5.74) is 0.692. The van der Waals surface area contributed by atoms with Crippen LogP contribution in [0.5, 0.6) is 5.75 Å². The van der Waals surface area contributed by atoms with Gasteiger partial charge in [-0.25, -0.2) is 0 Å². The molecular weight excluding hydrogens is 152 g/mol. The Labute approximate surface area is 64.2 Å². The highest BCUT2D eigenvalue weighted by atomic mass is 35.5. The van der Waals surface area contributed by atoms with Crippen molar-refractivity contribution in [3.8, 4) is 5.75 Å². The summed E-state index contributed by atoms with van der Waals surface area (Å²) >= 11 is 5.10. The number of aliphatic hydroxyl groups excluding tert-OH is 1. The van der Waals surface area contributed by atoms with E-state index in [1.54, 1.807) is 18.2 Å². The van der Waals surface area contributed by atoms with E-state index in [0.29, 0.717) is 11.3 Å². The number of benzene rings is 1. The molecule has 1 aromatic rings. The maximum Gasteiger partial charge on any atom is 0.151 e. The molecule has 0 atom stereocenters. The summed E-state index contributed by atoms with van der Waals surface area (Å²) in [7, 11) is 0. The fourth-order valence-corrected chi connectivity index (χ4v) is 0.860. The minimum Gasteiger partial charge on any atom is -0.392 e. The molecule has 0 saturated carbocycles. The molecule has 0 saturated heterocycles. The number of aliphatic hydroxyl groups is 1. The molecule has 1 aromatic carbocycles. The molecule has 0 unspecified atom stereocenters. The van der Waals surface area contributed by atoms with Gasteiger partial charge >= 0.3 is 0 Å². The molecule has 3 heteroatoms. The number of hydrogen-bond acceptors (Lipinski definition) is 2. The molecule has 0 radical (unpaired) electrons. The van der Waals surface area contributed by atoms with Crippen LogP contribution < -0.4 is 4.29 Å². The number of para-hydroxylation sites is 1. The van der Waals surface area contributed by atoms with Gasteiger partial charge in [-0.3, -0.25) is 0 Å². The molecule has 54 valence electrons. The normalized spacial score (nSPS) is 9.40. The zero-order valence-corrected chi connectivity index (χ0v) is 6.01. The van der Waals surface area contributed by atoms with E-state index < -0.39 is 0 Å². The third-order valence-corrected chi connectivity index (χ3v) is 1.39. The minimum absolute atomic E-state index is 0.0527. The first kappa shape index (κ1) is 7.38. The first-order chi connectivity index (χ1) is 4.88. The van der Waals surface area contributed by atoms with Crippen molar-refractivity contribution in [2.45, 2.75) is 6.61 Å². The first-order valence-corrected chi connectivity index (χ1v) is 3.16. The lowest BCUT2D eigenvalue weighted by atomic mass is 10.2. The Hall–Kier alpha value is -0.730. The average molecular weight is 159 g/mol. The zero-order chi connectivity index (χ0) is 7.40. The summed E-state index contributed by atoms with van der Waals surface area (Å²) in [5, 5.41) is 8.71. The third kappa shape index (κ3) is 1.40. The second-order valence-corrected chi connectivity index (χ2v) is 2.00. The van der Waals surface area contributed by atoms with Gasteiger partial charge in [0.1, 0.15) is 11.9 Å². The minimum atomic E-state index is -0.0527. The highest BCUT2D eigenvalue weighted by Crippen LogP contribution is 2.18. The van der Waals surface area contributed by atoms with Crippen molar-refractivity contribution in [3.05, 3.63) is 29.8 Å². The van der Waals surface area contributed by atoms with Gasteiger partial charge in [0.2, 0.25) is 0 Å². The van der Waals surface area contributed by atoms with Gasteiger partial charge in [0.25, 0.3) is 0 Å². The van der Waals surface area contributed by atoms with Crippen molar-refractivity contribution in [3.63, 3.8) is 0 Å². The van der Waals surface area contributed by atoms with Crippen molar-refractivity contribution < 1.29 is 9.40 Å². The summed E-state index contributed by atoms with van der Waals surface area (Å²) in [5.74, 6) is 0.506. The van der Waals surface area contributed by atoms with Crippen LogP contribution in [0, 0.1) is 0 Å². The van der Waals surface area contributed by atoms with Gasteiger partial charge in [0.15, 0.2) is 5.75 Å². The predicted octanol–water partition coefficient (Wildman–Crippen LogP) is 1.71. The second kappa shape index (κ2) is 3.44. The van der Waals surface area contributed by atoms with Gasteiger partial charge < -0.3 is 9.40 Å². The van der Waals surface area contributed by atoms with E-state index in [0.717, 1.165) is 0 Å². The number of hydrogen-bond donors (Lipinski definition) is 1. The molecule has 0 fully saturated rings. The van der Waals surface area contributed by atoms with E-state index in [1.807, 2.05) is 6.07 Å². The van der Waals surface area contributed by atoms with Crippen LogP contribution in [-0.2, 0) is 6.61 Å². The lowest BCUT2D eigenvalue weighted by Crippen LogP contribution is -1.85. The summed E-state index contributed by atoms with van der Waals surface area (Å²) in [6.07, 6.45) is 0. The van der Waals surface area contributed by atoms with E-state index >= 15 is 0 Å². The molecule has 0 aliphatic heterocycles. The van der Waals surface area contributed by atoms with Gasteiger partial charge in [-0.05, 0) is 6.07 Å². The van der Waals surface area contributed by atoms with Crippen molar-refractivity contribution >= 4 is 11.9 Å². The summed E-state index contributed by atoms with van der Waals surface area (Å²) in [4.78, 5) is 0. The Kier molecular flexibility index (Phi) is 2.54. The Bertz CT molecular complexity index is 190. The van der Waals surface area contributed by atoms with Gasteiger partial charge in [0, 0.05) is 5.56 Å². The van der Waals surface area contributed by atoms with Crippen LogP contribution in [0.3, 0.4) is 0 Å². The fraction of sp³-hybridized carbons (Fsp3) is 0.143. The molecule has 0 aliphatic carbocycles. The maximum absolute atomic E-state index is 8.71. The fourth-order valence-electron chi connectivity index (χ4n) is 0.710. The van der Waals surface area contributed by atoms with Crippen molar-refractivity contribution in [2.75, 3.05) is 0 Å². The zero-order valence-electron chi connectivity index (χ0n) is 5.25. The highest BCUT2D eigenvalue weighted by molar-refractivity contribution is 6.09. The van der Waals surface area contributed by atoms with Gasteiger partial charge in [-0.1, -0.05) is 18.2 Å². The summed E-state index contributed by atoms with van der Waals surface area (Å²) < 4.78 is 4.45. The highest BCUT2D eigenvalue weighted by Gasteiger charge is 1.98. The summed E-state index contributed by atoms with van der Waals surface area (Å²) in [6.45, 7) is -0.0527. The molecule has 0 heterocycles. The maximum atomic E-state index is 8.71. The Morgan fingerprint density at radius 3 is 2.60 bits per heavy atom. The molecule has 10 heavy (non-hydrogen) atoms. The molecule has 0 bridgehead atoms. The Balaban J connectivity index is 2.96. The molecule has 1 N–H and O–H groups in total. The molecule has 0 aromatic heterocycles. The largest absolute Gasteiger partial charge is 0.392 e. The second-order valence-electron chi connectivity index (χ2n) is 1.84. The summed E-state index contributed by atoms with van der Waals surface area (Å²) in [6, 6.07) is 7.04. The topological polar surface area (TPSA) is 29.5 Å². The van der Waals surface area contributed by atoms with Crippen molar-refractivity contribution in [2.24, 2.45) is 0 Å². The molecular formula is C7H7ClO2. The SMILES string of the molecule is OCc1ccccc1OCl. The van der Waals surface area contributed by atoms with Crippen molar-refractivity contribution in [1.82, 2.24) is 0 Å². The van der Waals surface area contributed by atoms with E-state index in [4.69, 9.17) is 17.0 Å². The van der Waals surface area contributed by atoms with Gasteiger partial charge in [-0.15, -0.1) is 0 Å². The van der Waals surface area contributed by atoms with E-state index in [-0.39, 0.29) is 6.61 Å². The van der Waals surface area contributed by atoms with Crippen LogP contribution in [0.2, 0.25) is 0 Å². The third-order valence-electron chi connectivity index (χ3n) is 1.23. The van der Waals surface area contributed by atoms with Crippen LogP contribution in [0.15, 0.2) is 24.3 Å². The number of halogens is 1. The number of rotatable bonds is 2. The van der Waals surface area contributed by atoms with Crippen molar-refractivity contribution in [1.29, 1.82) is 0 Å². The molecule has 1 rings (SSSR count). The van der Waals surface area contributed by atoms with Crippen LogP contribution in [0.1, 0.15) is 5.56 Å². The van der Waals surface area contributed by atoms with Crippen LogP contribution in [-0.4, -0.2) is 5.11 Å². The molecule has 2 nitrogen and oxygen atoms in total. The lowest BCUT2D eigenvalue weighted by Gasteiger charge is -2.00.